The van der Waals surface area contributed by atoms with Crippen LogP contribution in [0.4, 0.5) is 5.69 Å². The van der Waals surface area contributed by atoms with Crippen molar-refractivity contribution in [2.75, 3.05) is 50.7 Å². The van der Waals surface area contributed by atoms with E-state index >= 15 is 0 Å². The summed E-state index contributed by atoms with van der Waals surface area (Å²) in [6.07, 6.45) is 1.20. The van der Waals surface area contributed by atoms with Crippen molar-refractivity contribution < 1.29 is 14.4 Å². The van der Waals surface area contributed by atoms with Gasteiger partial charge in [0.25, 0.3) is 5.91 Å². The molecule has 1 fully saturated rings. The summed E-state index contributed by atoms with van der Waals surface area (Å²) in [5.74, 6) is 0.0292. The summed E-state index contributed by atoms with van der Waals surface area (Å²) in [6, 6.07) is 11.7. The van der Waals surface area contributed by atoms with Crippen LogP contribution in [-0.4, -0.2) is 73.3 Å². The zero-order valence-corrected chi connectivity index (χ0v) is 17.7. The predicted molar refractivity (Wildman–Crippen MR) is 117 cm³/mol. The fourth-order valence-corrected chi connectivity index (χ4v) is 4.61. The first-order chi connectivity index (χ1) is 14.6. The van der Waals surface area contributed by atoms with Crippen molar-refractivity contribution in [3.63, 3.8) is 0 Å². The van der Waals surface area contributed by atoms with Crippen LogP contribution >= 0.6 is 11.3 Å². The molecule has 2 aliphatic heterocycles. The number of fused-ring (bicyclic) bond motifs is 1. The van der Waals surface area contributed by atoms with Crippen LogP contribution in [0.1, 0.15) is 21.7 Å². The van der Waals surface area contributed by atoms with Crippen LogP contribution in [0, 0.1) is 0 Å². The average Bonchev–Trinajstić information content (AvgIpc) is 3.44. The summed E-state index contributed by atoms with van der Waals surface area (Å²) in [4.78, 5) is 43.6. The molecule has 2 aliphatic rings. The van der Waals surface area contributed by atoms with E-state index < -0.39 is 0 Å². The molecule has 0 radical (unpaired) electrons. The summed E-state index contributed by atoms with van der Waals surface area (Å²) in [5, 5.41) is 4.65. The van der Waals surface area contributed by atoms with Gasteiger partial charge in [-0.1, -0.05) is 24.3 Å². The van der Waals surface area contributed by atoms with E-state index in [0.29, 0.717) is 50.6 Å². The molecule has 30 heavy (non-hydrogen) atoms. The normalized spacial score (nSPS) is 16.4. The van der Waals surface area contributed by atoms with Crippen LogP contribution in [0.3, 0.4) is 0 Å². The highest BCUT2D eigenvalue weighted by atomic mass is 32.1. The lowest BCUT2D eigenvalue weighted by atomic mass is 10.2. The Morgan fingerprint density at radius 1 is 0.933 bits per heavy atom. The maximum Gasteiger partial charge on any atom is 0.261 e. The van der Waals surface area contributed by atoms with E-state index in [-0.39, 0.29) is 17.7 Å². The second-order valence-electron chi connectivity index (χ2n) is 7.56. The van der Waals surface area contributed by atoms with Gasteiger partial charge in [-0.2, -0.15) is 0 Å². The molecule has 7 nitrogen and oxygen atoms in total. The molecule has 158 valence electrons. The Labute approximate surface area is 180 Å². The van der Waals surface area contributed by atoms with Crippen molar-refractivity contribution in [3.8, 4) is 0 Å². The summed E-state index contributed by atoms with van der Waals surface area (Å²) >= 11 is 1.38. The average molecular weight is 427 g/mol. The number of para-hydroxylation sites is 1. The number of amides is 3. The topological polar surface area (TPSA) is 73.0 Å². The second-order valence-corrected chi connectivity index (χ2v) is 8.51. The van der Waals surface area contributed by atoms with E-state index in [0.717, 1.165) is 18.7 Å². The van der Waals surface area contributed by atoms with E-state index in [4.69, 9.17) is 0 Å². The van der Waals surface area contributed by atoms with Gasteiger partial charge in [0.1, 0.15) is 0 Å². The largest absolute Gasteiger partial charge is 0.351 e. The van der Waals surface area contributed by atoms with E-state index in [1.807, 2.05) is 39.4 Å². The third-order valence-corrected chi connectivity index (χ3v) is 6.51. The van der Waals surface area contributed by atoms with Crippen LogP contribution in [0.15, 0.2) is 41.8 Å². The Kier molecular flexibility index (Phi) is 6.44. The van der Waals surface area contributed by atoms with Crippen LogP contribution in [-0.2, 0) is 16.0 Å². The number of benzene rings is 1. The van der Waals surface area contributed by atoms with E-state index in [2.05, 4.69) is 16.3 Å². The van der Waals surface area contributed by atoms with Gasteiger partial charge in [0, 0.05) is 51.4 Å². The SMILES string of the molecule is O=C(NCCC(=O)N1CCN(CC(=O)N2CCc3ccccc32)CC1)c1cccs1. The fourth-order valence-electron chi connectivity index (χ4n) is 3.97. The van der Waals surface area contributed by atoms with Gasteiger partial charge in [-0.3, -0.25) is 19.3 Å². The highest BCUT2D eigenvalue weighted by Gasteiger charge is 2.27. The van der Waals surface area contributed by atoms with Crippen molar-refractivity contribution in [1.82, 2.24) is 15.1 Å². The lowest BCUT2D eigenvalue weighted by Gasteiger charge is -2.35. The van der Waals surface area contributed by atoms with Crippen molar-refractivity contribution in [2.24, 2.45) is 0 Å². The Bertz CT molecular complexity index is 907. The smallest absolute Gasteiger partial charge is 0.261 e. The Balaban J connectivity index is 1.18. The number of nitrogens with zero attached hydrogens (tertiary/aromatic N) is 3. The number of hydrogen-bond donors (Lipinski definition) is 1. The Hall–Kier alpha value is -2.71. The van der Waals surface area contributed by atoms with Gasteiger partial charge in [-0.15, -0.1) is 11.3 Å². The number of nitrogens with one attached hydrogen (secondary N) is 1. The van der Waals surface area contributed by atoms with Gasteiger partial charge in [0.15, 0.2) is 0 Å². The number of carbonyl (C=O) groups is 3. The zero-order chi connectivity index (χ0) is 20.9. The quantitative estimate of drug-likeness (QED) is 0.762. The number of hydrogen-bond acceptors (Lipinski definition) is 5. The van der Waals surface area contributed by atoms with Gasteiger partial charge in [0.2, 0.25) is 11.8 Å². The monoisotopic (exact) mass is 426 g/mol. The molecule has 3 amide bonds. The molecule has 0 atom stereocenters. The highest BCUT2D eigenvalue weighted by molar-refractivity contribution is 7.12. The first kappa shape index (κ1) is 20.6. The molecular formula is C22H26N4O3S. The molecule has 2 aromatic rings. The maximum atomic E-state index is 12.8. The standard InChI is InChI=1S/C22H26N4O3S/c27-20(7-9-23-22(29)19-6-3-15-30-19)25-13-11-24(12-14-25)16-21(28)26-10-8-17-4-1-2-5-18(17)26/h1-6,15H,7-14,16H2,(H,23,29). The molecule has 0 unspecified atom stereocenters. The minimum Gasteiger partial charge on any atom is -0.351 e. The first-order valence-corrected chi connectivity index (χ1v) is 11.2. The molecule has 1 aromatic heterocycles. The number of carbonyl (C=O) groups excluding carboxylic acids is 3. The molecule has 0 spiro atoms. The molecule has 4 rings (SSSR count). The van der Waals surface area contributed by atoms with Gasteiger partial charge in [0.05, 0.1) is 11.4 Å². The molecule has 1 N–H and O–H groups in total. The van der Waals surface area contributed by atoms with Crippen LogP contribution in [0.5, 0.6) is 0 Å². The second kappa shape index (κ2) is 9.40. The molecule has 0 aliphatic carbocycles. The predicted octanol–water partition coefficient (Wildman–Crippen LogP) is 1.60. The maximum absolute atomic E-state index is 12.8. The summed E-state index contributed by atoms with van der Waals surface area (Å²) in [7, 11) is 0. The van der Waals surface area contributed by atoms with Gasteiger partial charge < -0.3 is 15.1 Å². The Morgan fingerprint density at radius 2 is 1.73 bits per heavy atom. The first-order valence-electron chi connectivity index (χ1n) is 10.3. The highest BCUT2D eigenvalue weighted by Crippen LogP contribution is 2.27. The lowest BCUT2D eigenvalue weighted by Crippen LogP contribution is -2.51. The number of rotatable bonds is 6. The third kappa shape index (κ3) is 4.71. The third-order valence-electron chi connectivity index (χ3n) is 5.64. The van der Waals surface area contributed by atoms with Crippen LogP contribution < -0.4 is 10.2 Å². The summed E-state index contributed by atoms with van der Waals surface area (Å²) in [5.41, 5.74) is 2.26. The van der Waals surface area contributed by atoms with E-state index in [1.165, 1.54) is 16.9 Å². The minimum atomic E-state index is -0.135. The zero-order valence-electron chi connectivity index (χ0n) is 16.9. The molecule has 1 saturated heterocycles. The van der Waals surface area contributed by atoms with Crippen LogP contribution in [0.25, 0.3) is 0 Å². The van der Waals surface area contributed by atoms with E-state index in [1.54, 1.807) is 6.07 Å². The molecule has 0 bridgehead atoms. The van der Waals surface area contributed by atoms with Crippen molar-refractivity contribution in [2.45, 2.75) is 12.8 Å². The lowest BCUT2D eigenvalue weighted by molar-refractivity contribution is -0.133. The van der Waals surface area contributed by atoms with Gasteiger partial charge in [-0.05, 0) is 29.5 Å². The van der Waals surface area contributed by atoms with E-state index in [9.17, 15) is 14.4 Å². The van der Waals surface area contributed by atoms with Crippen LogP contribution in [0.2, 0.25) is 0 Å². The Morgan fingerprint density at radius 3 is 2.50 bits per heavy atom. The van der Waals surface area contributed by atoms with Crippen molar-refractivity contribution in [3.05, 3.63) is 52.2 Å². The van der Waals surface area contributed by atoms with Gasteiger partial charge >= 0.3 is 0 Å². The summed E-state index contributed by atoms with van der Waals surface area (Å²) in [6.45, 7) is 4.07. The number of anilines is 1. The number of piperazine rings is 1. The van der Waals surface area contributed by atoms with Crippen molar-refractivity contribution in [1.29, 1.82) is 0 Å². The van der Waals surface area contributed by atoms with Crippen molar-refractivity contribution >= 4 is 34.7 Å². The number of thiophene rings is 1. The van der Waals surface area contributed by atoms with Gasteiger partial charge in [-0.25, -0.2) is 0 Å². The molecule has 8 heteroatoms. The molecule has 3 heterocycles. The minimum absolute atomic E-state index is 0.0425. The molecule has 0 saturated carbocycles. The molecule has 1 aromatic carbocycles. The summed E-state index contributed by atoms with van der Waals surface area (Å²) < 4.78 is 0. The fraction of sp³-hybridized carbons (Fsp3) is 0.409. The molecular weight excluding hydrogens is 400 g/mol.